The molecule has 1 fully saturated rings. The lowest BCUT2D eigenvalue weighted by Gasteiger charge is -2.36. The van der Waals surface area contributed by atoms with E-state index < -0.39 is 0 Å². The van der Waals surface area contributed by atoms with Gasteiger partial charge in [0.05, 0.1) is 5.56 Å². The molecule has 0 unspecified atom stereocenters. The molecule has 0 aliphatic carbocycles. The van der Waals surface area contributed by atoms with Gasteiger partial charge in [0.15, 0.2) is 5.11 Å². The van der Waals surface area contributed by atoms with E-state index in [0.29, 0.717) is 12.0 Å². The molecule has 0 aromatic heterocycles. The van der Waals surface area contributed by atoms with Gasteiger partial charge in [-0.2, -0.15) is 0 Å². The molecule has 2 amide bonds. The van der Waals surface area contributed by atoms with E-state index in [4.69, 9.17) is 12.2 Å². The number of anilines is 2. The zero-order valence-corrected chi connectivity index (χ0v) is 23.6. The number of nitrogens with zero attached hydrogens (tertiary/aromatic N) is 2. The van der Waals surface area contributed by atoms with Gasteiger partial charge >= 0.3 is 0 Å². The Kier molecular flexibility index (Phi) is 9.33. The summed E-state index contributed by atoms with van der Waals surface area (Å²) >= 11 is 14.3. The number of piperazine rings is 1. The second kappa shape index (κ2) is 11.8. The van der Waals surface area contributed by atoms with Gasteiger partial charge in [-0.1, -0.05) is 22.9 Å². The van der Waals surface area contributed by atoms with E-state index in [1.54, 1.807) is 6.07 Å². The van der Waals surface area contributed by atoms with Crippen molar-refractivity contribution < 1.29 is 9.59 Å². The Bertz CT molecular complexity index is 1010. The number of halogens is 3. The van der Waals surface area contributed by atoms with E-state index in [2.05, 4.69) is 70.0 Å². The molecule has 0 bridgehead atoms. The standard InChI is InChI=1S/C22H23Br2IN4O2S/c1-2-3-19(30)29-10-8-28(9-11-29)16-6-4-15(5-7-16)26-22(32)27-21(31)17-12-14(23)13-18(24)20(17)25/h4-7,12-13H,2-3,8-11H2,1H3,(H2,26,27,31,32). The van der Waals surface area contributed by atoms with Crippen LogP contribution in [0.2, 0.25) is 0 Å². The Labute approximate surface area is 223 Å². The lowest BCUT2D eigenvalue weighted by Crippen LogP contribution is -2.48. The van der Waals surface area contributed by atoms with E-state index in [1.807, 2.05) is 42.2 Å². The van der Waals surface area contributed by atoms with Crippen LogP contribution in [-0.4, -0.2) is 48.0 Å². The van der Waals surface area contributed by atoms with Gasteiger partial charge in [0, 0.05) is 56.5 Å². The molecule has 6 nitrogen and oxygen atoms in total. The monoisotopic (exact) mass is 692 g/mol. The number of amides is 2. The number of hydrogen-bond acceptors (Lipinski definition) is 4. The van der Waals surface area contributed by atoms with Crippen LogP contribution in [-0.2, 0) is 4.79 Å². The number of thiocarbonyl (C=S) groups is 1. The normalized spacial score (nSPS) is 13.6. The highest BCUT2D eigenvalue weighted by atomic mass is 127. The van der Waals surface area contributed by atoms with E-state index in [0.717, 1.165) is 56.5 Å². The molecular weight excluding hydrogens is 671 g/mol. The molecule has 1 heterocycles. The third-order valence-corrected chi connectivity index (χ3v) is 8.24. The van der Waals surface area contributed by atoms with E-state index >= 15 is 0 Å². The van der Waals surface area contributed by atoms with Crippen LogP contribution in [0.4, 0.5) is 11.4 Å². The first kappa shape index (κ1) is 25.4. The van der Waals surface area contributed by atoms with Crippen LogP contribution >= 0.6 is 66.7 Å². The molecule has 2 aromatic carbocycles. The molecule has 3 rings (SSSR count). The third-order valence-electron chi connectivity index (χ3n) is 5.05. The Morgan fingerprint density at radius 3 is 2.38 bits per heavy atom. The summed E-state index contributed by atoms with van der Waals surface area (Å²) in [6, 6.07) is 11.5. The summed E-state index contributed by atoms with van der Waals surface area (Å²) in [5.41, 5.74) is 2.42. The maximum atomic E-state index is 12.6. The number of rotatable bonds is 5. The predicted octanol–water partition coefficient (Wildman–Crippen LogP) is 5.39. The first-order valence-corrected chi connectivity index (χ1v) is 13.3. The smallest absolute Gasteiger partial charge is 0.258 e. The summed E-state index contributed by atoms with van der Waals surface area (Å²) in [5, 5.41) is 6.02. The molecule has 32 heavy (non-hydrogen) atoms. The molecule has 1 saturated heterocycles. The molecule has 1 aliphatic heterocycles. The van der Waals surface area contributed by atoms with E-state index in [-0.39, 0.29) is 16.9 Å². The number of hydrogen-bond donors (Lipinski definition) is 2. The van der Waals surface area contributed by atoms with Gasteiger partial charge in [0.2, 0.25) is 5.91 Å². The fraction of sp³-hybridized carbons (Fsp3) is 0.318. The van der Waals surface area contributed by atoms with Gasteiger partial charge < -0.3 is 15.1 Å². The SMILES string of the molecule is CCCC(=O)N1CCN(c2ccc(NC(=S)NC(=O)c3cc(Br)cc(Br)c3I)cc2)CC1. The number of carbonyl (C=O) groups is 2. The maximum absolute atomic E-state index is 12.6. The highest BCUT2D eigenvalue weighted by Crippen LogP contribution is 2.27. The molecule has 0 radical (unpaired) electrons. The minimum absolute atomic E-state index is 0.234. The largest absolute Gasteiger partial charge is 0.368 e. The van der Waals surface area contributed by atoms with Crippen LogP contribution in [0.25, 0.3) is 0 Å². The minimum Gasteiger partial charge on any atom is -0.368 e. The highest BCUT2D eigenvalue weighted by molar-refractivity contribution is 14.1. The Morgan fingerprint density at radius 1 is 1.09 bits per heavy atom. The molecular formula is C22H23Br2IN4O2S. The van der Waals surface area contributed by atoms with Gasteiger partial charge in [-0.15, -0.1) is 0 Å². The Hall–Kier alpha value is -1.24. The van der Waals surface area contributed by atoms with Crippen LogP contribution in [0.1, 0.15) is 30.1 Å². The van der Waals surface area contributed by atoms with Crippen LogP contribution in [0, 0.1) is 3.57 Å². The fourth-order valence-electron chi connectivity index (χ4n) is 3.40. The summed E-state index contributed by atoms with van der Waals surface area (Å²) in [4.78, 5) is 28.9. The van der Waals surface area contributed by atoms with Gasteiger partial charge in [0.25, 0.3) is 5.91 Å². The molecule has 10 heteroatoms. The highest BCUT2D eigenvalue weighted by Gasteiger charge is 2.20. The summed E-state index contributed by atoms with van der Waals surface area (Å²) in [6.07, 6.45) is 1.50. The van der Waals surface area contributed by atoms with Crippen molar-refractivity contribution in [1.82, 2.24) is 10.2 Å². The second-order valence-electron chi connectivity index (χ2n) is 7.32. The predicted molar refractivity (Wildman–Crippen MR) is 148 cm³/mol. The number of carbonyl (C=O) groups excluding carboxylic acids is 2. The van der Waals surface area contributed by atoms with Gasteiger partial charge in [-0.3, -0.25) is 14.9 Å². The second-order valence-corrected chi connectivity index (χ2v) is 10.6. The van der Waals surface area contributed by atoms with Crippen molar-refractivity contribution in [2.45, 2.75) is 19.8 Å². The molecule has 2 aromatic rings. The third kappa shape index (κ3) is 6.64. The summed E-state index contributed by atoms with van der Waals surface area (Å²) in [6.45, 7) is 5.16. The lowest BCUT2D eigenvalue weighted by molar-refractivity contribution is -0.131. The molecule has 0 saturated carbocycles. The lowest BCUT2D eigenvalue weighted by atomic mass is 10.2. The van der Waals surface area contributed by atoms with Gasteiger partial charge in [-0.05, 0) is 93.6 Å². The number of nitrogens with one attached hydrogen (secondary N) is 2. The van der Waals surface area contributed by atoms with Gasteiger partial charge in [-0.25, -0.2) is 0 Å². The maximum Gasteiger partial charge on any atom is 0.258 e. The molecule has 170 valence electrons. The Morgan fingerprint density at radius 2 is 1.75 bits per heavy atom. The zero-order valence-electron chi connectivity index (χ0n) is 17.5. The zero-order chi connectivity index (χ0) is 23.3. The van der Waals surface area contributed by atoms with Crippen LogP contribution in [0.15, 0.2) is 45.3 Å². The minimum atomic E-state index is -0.277. The fourth-order valence-corrected chi connectivity index (χ4v) is 5.39. The van der Waals surface area contributed by atoms with Crippen LogP contribution in [0.5, 0.6) is 0 Å². The quantitative estimate of drug-likeness (QED) is 0.250. The molecule has 2 N–H and O–H groups in total. The first-order valence-electron chi connectivity index (χ1n) is 10.2. The van der Waals surface area contributed by atoms with Crippen LogP contribution < -0.4 is 15.5 Å². The molecule has 0 atom stereocenters. The number of benzene rings is 2. The van der Waals surface area contributed by atoms with Crippen molar-refractivity contribution in [1.29, 1.82) is 0 Å². The van der Waals surface area contributed by atoms with Crippen molar-refractivity contribution in [3.05, 3.63) is 54.5 Å². The average molecular weight is 694 g/mol. The van der Waals surface area contributed by atoms with Crippen molar-refractivity contribution >= 4 is 95.0 Å². The van der Waals surface area contributed by atoms with E-state index in [9.17, 15) is 9.59 Å². The van der Waals surface area contributed by atoms with E-state index in [1.165, 1.54) is 0 Å². The Balaban J connectivity index is 1.54. The average Bonchev–Trinajstić information content (AvgIpc) is 2.77. The molecule has 1 aliphatic rings. The van der Waals surface area contributed by atoms with Crippen molar-refractivity contribution in [2.24, 2.45) is 0 Å². The summed E-state index contributed by atoms with van der Waals surface area (Å²) < 4.78 is 2.45. The first-order chi connectivity index (χ1) is 15.3. The summed E-state index contributed by atoms with van der Waals surface area (Å²) in [7, 11) is 0. The van der Waals surface area contributed by atoms with Crippen molar-refractivity contribution in [3.63, 3.8) is 0 Å². The summed E-state index contributed by atoms with van der Waals surface area (Å²) in [5.74, 6) is -0.0341. The van der Waals surface area contributed by atoms with Crippen LogP contribution in [0.3, 0.4) is 0 Å². The molecule has 0 spiro atoms. The van der Waals surface area contributed by atoms with Gasteiger partial charge in [0.1, 0.15) is 0 Å². The van der Waals surface area contributed by atoms with Crippen molar-refractivity contribution in [3.8, 4) is 0 Å². The van der Waals surface area contributed by atoms with Crippen molar-refractivity contribution in [2.75, 3.05) is 36.4 Å². The topological polar surface area (TPSA) is 64.7 Å².